The molecule has 0 nitrogen and oxygen atoms in total. The minimum Gasteiger partial charge on any atom is -0.0581 e. The smallest absolute Gasteiger partial charge is 0.0175 e. The molecule has 0 N–H and O–H groups in total. The van der Waals surface area contributed by atoms with E-state index in [4.69, 9.17) is 0 Å². The van der Waals surface area contributed by atoms with Crippen molar-refractivity contribution in [2.75, 3.05) is 0 Å². The largest absolute Gasteiger partial charge is 0.0581 e. The maximum atomic E-state index is 3.46. The maximum absolute atomic E-state index is 3.46. The van der Waals surface area contributed by atoms with Crippen molar-refractivity contribution in [1.29, 1.82) is 0 Å². The van der Waals surface area contributed by atoms with Gasteiger partial charge < -0.3 is 0 Å². The standard InChI is InChI=1S/C15H13Br/c16-15-9-7-14(8-10-15)13-5-3-12(4-6-13)11-1-2-11/h3-11H,1-2H2. The summed E-state index contributed by atoms with van der Waals surface area (Å²) < 4.78 is 1.13. The number of benzene rings is 2. The van der Waals surface area contributed by atoms with Gasteiger partial charge in [-0.05, 0) is 47.6 Å². The predicted octanol–water partition coefficient (Wildman–Crippen LogP) is 4.99. The number of hydrogen-bond acceptors (Lipinski definition) is 0. The summed E-state index contributed by atoms with van der Waals surface area (Å²) in [7, 11) is 0. The summed E-state index contributed by atoms with van der Waals surface area (Å²) in [5.74, 6) is 0.846. The van der Waals surface area contributed by atoms with E-state index in [0.717, 1.165) is 10.4 Å². The highest BCUT2D eigenvalue weighted by molar-refractivity contribution is 9.10. The van der Waals surface area contributed by atoms with Crippen molar-refractivity contribution >= 4 is 15.9 Å². The molecule has 0 aromatic heterocycles. The van der Waals surface area contributed by atoms with Gasteiger partial charge in [-0.15, -0.1) is 0 Å². The Balaban J connectivity index is 1.91. The normalized spacial score (nSPS) is 15.1. The van der Waals surface area contributed by atoms with E-state index in [1.54, 1.807) is 0 Å². The summed E-state index contributed by atoms with van der Waals surface area (Å²) in [4.78, 5) is 0. The van der Waals surface area contributed by atoms with Crippen LogP contribution in [0.25, 0.3) is 11.1 Å². The highest BCUT2D eigenvalue weighted by Crippen LogP contribution is 2.40. The molecule has 1 aliphatic rings. The molecule has 16 heavy (non-hydrogen) atoms. The molecular weight excluding hydrogens is 260 g/mol. The van der Waals surface area contributed by atoms with Crippen molar-refractivity contribution in [2.24, 2.45) is 0 Å². The molecule has 80 valence electrons. The van der Waals surface area contributed by atoms with E-state index in [1.807, 2.05) is 0 Å². The van der Waals surface area contributed by atoms with Crippen LogP contribution < -0.4 is 0 Å². The van der Waals surface area contributed by atoms with Crippen LogP contribution in [0, 0.1) is 0 Å². The average molecular weight is 273 g/mol. The predicted molar refractivity (Wildman–Crippen MR) is 71.6 cm³/mol. The van der Waals surface area contributed by atoms with Crippen molar-refractivity contribution in [1.82, 2.24) is 0 Å². The van der Waals surface area contributed by atoms with E-state index in [2.05, 4.69) is 64.5 Å². The molecule has 2 aromatic carbocycles. The molecule has 1 heteroatoms. The Labute approximate surface area is 104 Å². The molecule has 0 bridgehead atoms. The molecular formula is C15H13Br. The monoisotopic (exact) mass is 272 g/mol. The van der Waals surface area contributed by atoms with E-state index >= 15 is 0 Å². The van der Waals surface area contributed by atoms with Crippen molar-refractivity contribution in [3.05, 3.63) is 58.6 Å². The van der Waals surface area contributed by atoms with Crippen molar-refractivity contribution < 1.29 is 0 Å². The van der Waals surface area contributed by atoms with Gasteiger partial charge in [-0.25, -0.2) is 0 Å². The summed E-state index contributed by atoms with van der Waals surface area (Å²) in [6.45, 7) is 0. The maximum Gasteiger partial charge on any atom is 0.0175 e. The minimum atomic E-state index is 0.846. The van der Waals surface area contributed by atoms with Crippen LogP contribution >= 0.6 is 15.9 Å². The van der Waals surface area contributed by atoms with Crippen LogP contribution in [-0.2, 0) is 0 Å². The van der Waals surface area contributed by atoms with Gasteiger partial charge in [0.1, 0.15) is 0 Å². The first kappa shape index (κ1) is 10.1. The van der Waals surface area contributed by atoms with Crippen LogP contribution in [0.4, 0.5) is 0 Å². The van der Waals surface area contributed by atoms with Crippen molar-refractivity contribution in [3.63, 3.8) is 0 Å². The first-order chi connectivity index (χ1) is 7.83. The second kappa shape index (κ2) is 4.06. The van der Waals surface area contributed by atoms with Gasteiger partial charge in [-0.2, -0.15) is 0 Å². The van der Waals surface area contributed by atoms with Crippen LogP contribution in [0.1, 0.15) is 24.3 Å². The molecule has 0 unspecified atom stereocenters. The molecule has 1 saturated carbocycles. The Bertz CT molecular complexity index is 478. The fraction of sp³-hybridized carbons (Fsp3) is 0.200. The third kappa shape index (κ3) is 2.05. The lowest BCUT2D eigenvalue weighted by atomic mass is 10.0. The van der Waals surface area contributed by atoms with Gasteiger partial charge in [0.05, 0.1) is 0 Å². The fourth-order valence-electron chi connectivity index (χ4n) is 2.01. The molecule has 0 heterocycles. The number of rotatable bonds is 2. The van der Waals surface area contributed by atoms with Gasteiger partial charge in [-0.1, -0.05) is 52.3 Å². The van der Waals surface area contributed by atoms with Gasteiger partial charge in [0, 0.05) is 4.47 Å². The minimum absolute atomic E-state index is 0.846. The molecule has 0 spiro atoms. The molecule has 0 saturated heterocycles. The molecule has 0 aliphatic heterocycles. The first-order valence-corrected chi connectivity index (χ1v) is 6.48. The fourth-order valence-corrected chi connectivity index (χ4v) is 2.27. The molecule has 1 aliphatic carbocycles. The lowest BCUT2D eigenvalue weighted by Crippen LogP contribution is -1.81. The number of hydrogen-bond donors (Lipinski definition) is 0. The molecule has 1 fully saturated rings. The summed E-state index contributed by atoms with van der Waals surface area (Å²) in [6.07, 6.45) is 2.75. The molecule has 0 atom stereocenters. The van der Waals surface area contributed by atoms with Crippen molar-refractivity contribution in [3.8, 4) is 11.1 Å². The Hall–Kier alpha value is -1.08. The van der Waals surface area contributed by atoms with Crippen LogP contribution in [0.5, 0.6) is 0 Å². The number of halogens is 1. The quantitative estimate of drug-likeness (QED) is 0.722. The SMILES string of the molecule is Brc1ccc(-c2ccc(C3CC3)cc2)cc1. The van der Waals surface area contributed by atoms with Gasteiger partial charge in [0.2, 0.25) is 0 Å². The zero-order valence-corrected chi connectivity index (χ0v) is 10.6. The Kier molecular flexibility index (Phi) is 2.56. The van der Waals surface area contributed by atoms with E-state index < -0.39 is 0 Å². The highest BCUT2D eigenvalue weighted by Gasteiger charge is 2.22. The Morgan fingerprint density at radius 3 is 1.75 bits per heavy atom. The third-order valence-corrected chi connectivity index (χ3v) is 3.67. The Morgan fingerprint density at radius 2 is 1.25 bits per heavy atom. The average Bonchev–Trinajstić information content (AvgIpc) is 3.14. The van der Waals surface area contributed by atoms with Crippen molar-refractivity contribution in [2.45, 2.75) is 18.8 Å². The Morgan fingerprint density at radius 1 is 0.750 bits per heavy atom. The molecule has 0 radical (unpaired) electrons. The molecule has 0 amide bonds. The van der Waals surface area contributed by atoms with E-state index in [9.17, 15) is 0 Å². The van der Waals surface area contributed by atoms with Gasteiger partial charge >= 0.3 is 0 Å². The zero-order chi connectivity index (χ0) is 11.0. The van der Waals surface area contributed by atoms with Gasteiger partial charge in [0.25, 0.3) is 0 Å². The molecule has 2 aromatic rings. The van der Waals surface area contributed by atoms with E-state index in [0.29, 0.717) is 0 Å². The van der Waals surface area contributed by atoms with Gasteiger partial charge in [0.15, 0.2) is 0 Å². The van der Waals surface area contributed by atoms with Crippen LogP contribution in [-0.4, -0.2) is 0 Å². The third-order valence-electron chi connectivity index (χ3n) is 3.14. The molecule has 3 rings (SSSR count). The van der Waals surface area contributed by atoms with Crippen LogP contribution in [0.3, 0.4) is 0 Å². The second-order valence-corrected chi connectivity index (χ2v) is 5.32. The summed E-state index contributed by atoms with van der Waals surface area (Å²) in [5, 5.41) is 0. The van der Waals surface area contributed by atoms with E-state index in [1.165, 1.54) is 29.5 Å². The summed E-state index contributed by atoms with van der Waals surface area (Å²) >= 11 is 3.46. The first-order valence-electron chi connectivity index (χ1n) is 5.69. The van der Waals surface area contributed by atoms with E-state index in [-0.39, 0.29) is 0 Å². The van der Waals surface area contributed by atoms with Crippen LogP contribution in [0.15, 0.2) is 53.0 Å². The lowest BCUT2D eigenvalue weighted by Gasteiger charge is -2.03. The topological polar surface area (TPSA) is 0 Å². The van der Waals surface area contributed by atoms with Crippen LogP contribution in [0.2, 0.25) is 0 Å². The summed E-state index contributed by atoms with van der Waals surface area (Å²) in [5.41, 5.74) is 4.09. The summed E-state index contributed by atoms with van der Waals surface area (Å²) in [6, 6.07) is 17.5. The zero-order valence-electron chi connectivity index (χ0n) is 8.99. The van der Waals surface area contributed by atoms with Gasteiger partial charge in [-0.3, -0.25) is 0 Å². The lowest BCUT2D eigenvalue weighted by molar-refractivity contribution is 1.13. The highest BCUT2D eigenvalue weighted by atomic mass is 79.9. The second-order valence-electron chi connectivity index (χ2n) is 4.40.